The van der Waals surface area contributed by atoms with Crippen LogP contribution in [0, 0.1) is 0 Å². The van der Waals surface area contributed by atoms with Gasteiger partial charge in [-0.3, -0.25) is 4.79 Å². The maximum absolute atomic E-state index is 12.7. The summed E-state index contributed by atoms with van der Waals surface area (Å²) >= 11 is 1.46. The van der Waals surface area contributed by atoms with E-state index in [2.05, 4.69) is 10.2 Å². The molecule has 0 unspecified atom stereocenters. The molecule has 29 heavy (non-hydrogen) atoms. The fourth-order valence-electron chi connectivity index (χ4n) is 3.45. The number of hydrogen-bond donors (Lipinski definition) is 1. The lowest BCUT2D eigenvalue weighted by molar-refractivity contribution is -0.115. The van der Waals surface area contributed by atoms with E-state index >= 15 is 0 Å². The van der Waals surface area contributed by atoms with Crippen LogP contribution in [0.3, 0.4) is 0 Å². The molecule has 0 aliphatic carbocycles. The summed E-state index contributed by atoms with van der Waals surface area (Å²) in [6.07, 6.45) is 0.954. The van der Waals surface area contributed by atoms with Crippen LogP contribution in [0.2, 0.25) is 0 Å². The first-order valence-electron chi connectivity index (χ1n) is 9.23. The average molecular weight is 439 g/mol. The summed E-state index contributed by atoms with van der Waals surface area (Å²) in [4.78, 5) is 28.5. The van der Waals surface area contributed by atoms with Crippen molar-refractivity contribution in [3.05, 3.63) is 39.8 Å². The molecular formula is C20H23ClN2O5S. The van der Waals surface area contributed by atoms with E-state index in [1.807, 2.05) is 19.2 Å². The van der Waals surface area contributed by atoms with Crippen molar-refractivity contribution in [2.75, 3.05) is 32.3 Å². The van der Waals surface area contributed by atoms with Crippen molar-refractivity contribution in [1.82, 2.24) is 4.90 Å². The molecule has 0 fully saturated rings. The normalized spacial score (nSPS) is 14.7. The third kappa shape index (κ3) is 4.49. The van der Waals surface area contributed by atoms with E-state index in [0.29, 0.717) is 28.7 Å². The van der Waals surface area contributed by atoms with Gasteiger partial charge in [0, 0.05) is 18.0 Å². The highest BCUT2D eigenvalue weighted by atomic mass is 35.5. The van der Waals surface area contributed by atoms with Crippen LogP contribution in [0.5, 0.6) is 11.5 Å². The van der Waals surface area contributed by atoms with Gasteiger partial charge in [0.15, 0.2) is 11.5 Å². The number of rotatable bonds is 5. The highest BCUT2D eigenvalue weighted by Gasteiger charge is 2.28. The molecule has 0 saturated carbocycles. The zero-order chi connectivity index (χ0) is 19.7. The molecule has 3 heterocycles. The van der Waals surface area contributed by atoms with Crippen LogP contribution in [0.25, 0.3) is 0 Å². The Balaban J connectivity index is 0.00000240. The smallest absolute Gasteiger partial charge is 0.341 e. The van der Waals surface area contributed by atoms with Crippen LogP contribution in [0.4, 0.5) is 5.00 Å². The maximum Gasteiger partial charge on any atom is 0.341 e. The quantitative estimate of drug-likeness (QED) is 0.722. The first-order valence-corrected chi connectivity index (χ1v) is 10.1. The molecule has 4 rings (SSSR count). The lowest BCUT2D eigenvalue weighted by atomic mass is 10.0. The molecule has 1 N–H and O–H groups in total. The Morgan fingerprint density at radius 2 is 2.07 bits per heavy atom. The molecule has 0 atom stereocenters. The van der Waals surface area contributed by atoms with Crippen molar-refractivity contribution in [3.63, 3.8) is 0 Å². The van der Waals surface area contributed by atoms with E-state index in [0.717, 1.165) is 35.5 Å². The zero-order valence-corrected chi connectivity index (χ0v) is 17.9. The monoisotopic (exact) mass is 438 g/mol. The Morgan fingerprint density at radius 1 is 1.28 bits per heavy atom. The molecule has 156 valence electrons. The zero-order valence-electron chi connectivity index (χ0n) is 16.3. The van der Waals surface area contributed by atoms with Crippen molar-refractivity contribution < 1.29 is 23.8 Å². The number of carbonyl (C=O) groups excluding carboxylic acids is 2. The molecule has 1 amide bonds. The van der Waals surface area contributed by atoms with E-state index in [-0.39, 0.29) is 37.5 Å². The number of ether oxygens (including phenoxy) is 3. The van der Waals surface area contributed by atoms with Crippen LogP contribution in [-0.4, -0.2) is 43.8 Å². The number of amides is 1. The second-order valence-electron chi connectivity index (χ2n) is 6.83. The second-order valence-corrected chi connectivity index (χ2v) is 7.93. The van der Waals surface area contributed by atoms with E-state index in [9.17, 15) is 9.59 Å². The van der Waals surface area contributed by atoms with Gasteiger partial charge in [0.1, 0.15) is 5.00 Å². The van der Waals surface area contributed by atoms with Crippen LogP contribution >= 0.6 is 23.7 Å². The van der Waals surface area contributed by atoms with Crippen LogP contribution in [0.1, 0.15) is 33.3 Å². The standard InChI is InChI=1S/C20H22N2O5S.ClH/c1-3-25-20(24)18-13-6-7-22(2)10-16(13)28-19(18)21-17(23)9-12-4-5-14-15(8-12)27-11-26-14;/h4-5,8H,3,6-7,9-11H2,1-2H3,(H,21,23);1H. The van der Waals surface area contributed by atoms with Crippen molar-refractivity contribution in [3.8, 4) is 11.5 Å². The van der Waals surface area contributed by atoms with Gasteiger partial charge < -0.3 is 24.4 Å². The summed E-state index contributed by atoms with van der Waals surface area (Å²) in [6.45, 7) is 3.92. The van der Waals surface area contributed by atoms with Crippen LogP contribution in [0.15, 0.2) is 18.2 Å². The fourth-order valence-corrected chi connectivity index (χ4v) is 4.78. The molecule has 2 aliphatic heterocycles. The van der Waals surface area contributed by atoms with Crippen LogP contribution < -0.4 is 14.8 Å². The van der Waals surface area contributed by atoms with Crippen molar-refractivity contribution >= 4 is 40.6 Å². The van der Waals surface area contributed by atoms with Gasteiger partial charge in [-0.1, -0.05) is 6.07 Å². The molecule has 0 bridgehead atoms. The predicted octanol–water partition coefficient (Wildman–Crippen LogP) is 3.24. The summed E-state index contributed by atoms with van der Waals surface area (Å²) in [7, 11) is 2.05. The average Bonchev–Trinajstić information content (AvgIpc) is 3.24. The molecule has 7 nitrogen and oxygen atoms in total. The predicted molar refractivity (Wildman–Crippen MR) is 112 cm³/mol. The molecule has 2 aromatic rings. The minimum absolute atomic E-state index is 0. The van der Waals surface area contributed by atoms with Gasteiger partial charge in [-0.05, 0) is 43.7 Å². The number of nitrogens with one attached hydrogen (secondary N) is 1. The molecule has 0 spiro atoms. The Hall–Kier alpha value is -2.29. The summed E-state index contributed by atoms with van der Waals surface area (Å²) in [5, 5.41) is 3.50. The Kier molecular flexibility index (Phi) is 6.66. The maximum atomic E-state index is 12.7. The van der Waals surface area contributed by atoms with Crippen LogP contribution in [-0.2, 0) is 28.9 Å². The van der Waals surface area contributed by atoms with Gasteiger partial charge in [-0.25, -0.2) is 4.79 Å². The molecule has 0 saturated heterocycles. The van der Waals surface area contributed by atoms with E-state index in [1.165, 1.54) is 11.3 Å². The van der Waals surface area contributed by atoms with Gasteiger partial charge >= 0.3 is 5.97 Å². The lowest BCUT2D eigenvalue weighted by Gasteiger charge is -2.22. The summed E-state index contributed by atoms with van der Waals surface area (Å²) < 4.78 is 15.9. The summed E-state index contributed by atoms with van der Waals surface area (Å²) in [6, 6.07) is 5.45. The number of hydrogen-bond acceptors (Lipinski definition) is 7. The second kappa shape index (κ2) is 9.02. The molecule has 1 aromatic carbocycles. The number of carbonyl (C=O) groups is 2. The third-order valence-corrected chi connectivity index (χ3v) is 5.91. The molecule has 0 radical (unpaired) electrons. The van der Waals surface area contributed by atoms with Crippen molar-refractivity contribution in [2.24, 2.45) is 0 Å². The Bertz CT molecular complexity index is 930. The number of likely N-dealkylation sites (N-methyl/N-ethyl adjacent to an activating group) is 1. The third-order valence-electron chi connectivity index (χ3n) is 4.78. The SMILES string of the molecule is CCOC(=O)c1c(NC(=O)Cc2ccc3c(c2)OCO3)sc2c1CCN(C)C2.Cl. The summed E-state index contributed by atoms with van der Waals surface area (Å²) in [5.74, 6) is 0.773. The minimum Gasteiger partial charge on any atom is -0.462 e. The molecule has 1 aromatic heterocycles. The van der Waals surface area contributed by atoms with Gasteiger partial charge in [0.25, 0.3) is 0 Å². The first kappa shape index (κ1) is 21.4. The van der Waals surface area contributed by atoms with E-state index < -0.39 is 0 Å². The number of halogens is 1. The number of fused-ring (bicyclic) bond motifs is 2. The Morgan fingerprint density at radius 3 is 2.86 bits per heavy atom. The molecule has 2 aliphatic rings. The topological polar surface area (TPSA) is 77.1 Å². The van der Waals surface area contributed by atoms with E-state index in [1.54, 1.807) is 13.0 Å². The largest absolute Gasteiger partial charge is 0.462 e. The highest BCUT2D eigenvalue weighted by molar-refractivity contribution is 7.17. The number of benzene rings is 1. The van der Waals surface area contributed by atoms with E-state index in [4.69, 9.17) is 14.2 Å². The fraction of sp³-hybridized carbons (Fsp3) is 0.400. The number of anilines is 1. The number of esters is 1. The van der Waals surface area contributed by atoms with Gasteiger partial charge in [-0.2, -0.15) is 0 Å². The van der Waals surface area contributed by atoms with Gasteiger partial charge in [-0.15, -0.1) is 23.7 Å². The Labute approximate surface area is 179 Å². The van der Waals surface area contributed by atoms with Gasteiger partial charge in [0.05, 0.1) is 18.6 Å². The van der Waals surface area contributed by atoms with Crippen molar-refractivity contribution in [2.45, 2.75) is 26.3 Å². The molecular weight excluding hydrogens is 416 g/mol. The first-order chi connectivity index (χ1) is 13.5. The lowest BCUT2D eigenvalue weighted by Crippen LogP contribution is -2.26. The number of nitrogens with zero attached hydrogens (tertiary/aromatic N) is 1. The molecule has 9 heteroatoms. The van der Waals surface area contributed by atoms with Gasteiger partial charge in [0.2, 0.25) is 12.7 Å². The summed E-state index contributed by atoms with van der Waals surface area (Å²) in [5.41, 5.74) is 2.33. The van der Waals surface area contributed by atoms with Crippen molar-refractivity contribution in [1.29, 1.82) is 0 Å². The highest BCUT2D eigenvalue weighted by Crippen LogP contribution is 2.38. The number of thiophene rings is 1. The minimum atomic E-state index is -0.372.